The van der Waals surface area contributed by atoms with Gasteiger partial charge in [0.1, 0.15) is 30.6 Å². The highest BCUT2D eigenvalue weighted by Gasteiger charge is 2.05. The van der Waals surface area contributed by atoms with E-state index in [0.29, 0.717) is 5.75 Å². The largest absolute Gasteiger partial charge is 0.489 e. The molecule has 0 aliphatic carbocycles. The van der Waals surface area contributed by atoms with E-state index in [-0.39, 0.29) is 24.7 Å². The van der Waals surface area contributed by atoms with E-state index in [4.69, 9.17) is 9.47 Å². The number of ether oxygens (including phenoxy) is 2. The van der Waals surface area contributed by atoms with E-state index in [1.165, 1.54) is 6.92 Å². The summed E-state index contributed by atoms with van der Waals surface area (Å²) in [6, 6.07) is 10.1. The summed E-state index contributed by atoms with van der Waals surface area (Å²) in [5.41, 5.74) is 0.966. The molecule has 0 saturated heterocycles. The molecule has 0 fully saturated rings. The van der Waals surface area contributed by atoms with E-state index in [1.807, 2.05) is 0 Å². The zero-order valence-electron chi connectivity index (χ0n) is 11.4. The Balaban J connectivity index is 1.94. The topological polar surface area (TPSA) is 35.5 Å². The minimum Gasteiger partial charge on any atom is -0.489 e. The Morgan fingerprint density at radius 3 is 2.43 bits per heavy atom. The second-order valence-electron chi connectivity index (χ2n) is 4.45. The minimum absolute atomic E-state index is 0.0626. The van der Waals surface area contributed by atoms with Gasteiger partial charge in [-0.1, -0.05) is 12.1 Å². The van der Waals surface area contributed by atoms with Gasteiger partial charge in [-0.2, -0.15) is 0 Å². The van der Waals surface area contributed by atoms with Crippen molar-refractivity contribution in [3.63, 3.8) is 0 Å². The Hall–Kier alpha value is -2.43. The van der Waals surface area contributed by atoms with Crippen molar-refractivity contribution < 1.29 is 23.0 Å². The minimum atomic E-state index is -0.511. The fourth-order valence-corrected chi connectivity index (χ4v) is 1.68. The summed E-state index contributed by atoms with van der Waals surface area (Å²) in [5.74, 6) is -0.850. The number of hydrogen-bond donors (Lipinski definition) is 0. The van der Waals surface area contributed by atoms with Crippen molar-refractivity contribution in [1.29, 1.82) is 0 Å². The molecule has 0 radical (unpaired) electrons. The van der Waals surface area contributed by atoms with Gasteiger partial charge in [0.25, 0.3) is 0 Å². The Kier molecular flexibility index (Phi) is 4.87. The Bertz CT molecular complexity index is 624. The molecule has 2 rings (SSSR count). The van der Waals surface area contributed by atoms with E-state index >= 15 is 0 Å². The fraction of sp³-hybridized carbons (Fsp3) is 0.188. The molecule has 3 nitrogen and oxygen atoms in total. The number of benzene rings is 2. The molecule has 0 aromatic heterocycles. The summed E-state index contributed by atoms with van der Waals surface area (Å²) in [5, 5.41) is 0. The number of carbonyl (C=O) groups excluding carboxylic acids is 1. The lowest BCUT2D eigenvalue weighted by atomic mass is 10.2. The molecule has 5 heteroatoms. The van der Waals surface area contributed by atoms with E-state index in [2.05, 4.69) is 0 Å². The van der Waals surface area contributed by atoms with Crippen LogP contribution in [0.3, 0.4) is 0 Å². The summed E-state index contributed by atoms with van der Waals surface area (Å²) in [6.45, 7) is 1.46. The van der Waals surface area contributed by atoms with Gasteiger partial charge < -0.3 is 9.47 Å². The van der Waals surface area contributed by atoms with Crippen molar-refractivity contribution in [2.75, 3.05) is 0 Å². The second-order valence-corrected chi connectivity index (χ2v) is 4.45. The predicted octanol–water partition coefficient (Wildman–Crippen LogP) is 3.61. The van der Waals surface area contributed by atoms with Gasteiger partial charge in [0, 0.05) is 12.5 Å². The van der Waals surface area contributed by atoms with Crippen molar-refractivity contribution in [2.45, 2.75) is 20.1 Å². The lowest BCUT2D eigenvalue weighted by molar-refractivity contribution is -0.142. The Morgan fingerprint density at radius 1 is 1.05 bits per heavy atom. The number of rotatable bonds is 5. The molecule has 2 aromatic carbocycles. The van der Waals surface area contributed by atoms with Gasteiger partial charge in [0.2, 0.25) is 0 Å². The summed E-state index contributed by atoms with van der Waals surface area (Å²) in [7, 11) is 0. The number of esters is 1. The molecule has 0 N–H and O–H groups in total. The predicted molar refractivity (Wildman–Crippen MR) is 72.6 cm³/mol. The first-order valence-corrected chi connectivity index (χ1v) is 6.33. The van der Waals surface area contributed by atoms with Crippen molar-refractivity contribution in [2.24, 2.45) is 0 Å². The second kappa shape index (κ2) is 6.83. The van der Waals surface area contributed by atoms with Crippen LogP contribution in [0.5, 0.6) is 5.75 Å². The average molecular weight is 292 g/mol. The highest BCUT2D eigenvalue weighted by molar-refractivity contribution is 5.65. The van der Waals surface area contributed by atoms with Gasteiger partial charge in [0.05, 0.1) is 0 Å². The van der Waals surface area contributed by atoms with E-state index in [0.717, 1.165) is 23.8 Å². The van der Waals surface area contributed by atoms with Crippen LogP contribution in [0.1, 0.15) is 18.1 Å². The molecular formula is C16H14F2O3. The lowest BCUT2D eigenvalue weighted by Gasteiger charge is -2.08. The van der Waals surface area contributed by atoms with Gasteiger partial charge in [-0.25, -0.2) is 8.78 Å². The maximum atomic E-state index is 13.4. The van der Waals surface area contributed by atoms with Gasteiger partial charge in [-0.15, -0.1) is 0 Å². The first-order valence-electron chi connectivity index (χ1n) is 6.33. The molecule has 21 heavy (non-hydrogen) atoms. The first kappa shape index (κ1) is 15.0. The number of hydrogen-bond acceptors (Lipinski definition) is 3. The first-order chi connectivity index (χ1) is 10.0. The molecule has 0 bridgehead atoms. The molecular weight excluding hydrogens is 278 g/mol. The summed E-state index contributed by atoms with van der Waals surface area (Å²) in [6.07, 6.45) is 0. The van der Waals surface area contributed by atoms with E-state index in [1.54, 1.807) is 24.3 Å². The Morgan fingerprint density at radius 2 is 1.76 bits per heavy atom. The normalized spacial score (nSPS) is 10.2. The standard InChI is InChI=1S/C16H14F2O3/c1-11(19)20-9-12-2-5-15(6-3-12)21-10-13-8-14(17)4-7-16(13)18/h2-8H,9-10H2,1H3. The van der Waals surface area contributed by atoms with Gasteiger partial charge >= 0.3 is 5.97 Å². The maximum Gasteiger partial charge on any atom is 0.302 e. The Labute approximate surface area is 121 Å². The molecule has 110 valence electrons. The quantitative estimate of drug-likeness (QED) is 0.790. The molecule has 0 atom stereocenters. The molecule has 0 heterocycles. The molecule has 0 aliphatic heterocycles. The van der Waals surface area contributed by atoms with E-state index < -0.39 is 11.6 Å². The molecule has 0 aliphatic rings. The summed E-state index contributed by atoms with van der Waals surface area (Å²) >= 11 is 0. The monoisotopic (exact) mass is 292 g/mol. The highest BCUT2D eigenvalue weighted by atomic mass is 19.1. The van der Waals surface area contributed by atoms with Crippen molar-refractivity contribution in [1.82, 2.24) is 0 Å². The van der Waals surface area contributed by atoms with Crippen LogP contribution in [0.2, 0.25) is 0 Å². The van der Waals surface area contributed by atoms with Crippen LogP contribution >= 0.6 is 0 Å². The number of carbonyl (C=O) groups is 1. The van der Waals surface area contributed by atoms with Crippen molar-refractivity contribution in [3.05, 3.63) is 65.2 Å². The third-order valence-electron chi connectivity index (χ3n) is 2.77. The van der Waals surface area contributed by atoms with Crippen LogP contribution in [0.15, 0.2) is 42.5 Å². The van der Waals surface area contributed by atoms with Crippen LogP contribution in [0.4, 0.5) is 8.78 Å². The molecule has 2 aromatic rings. The van der Waals surface area contributed by atoms with Crippen molar-refractivity contribution in [3.8, 4) is 5.75 Å². The van der Waals surface area contributed by atoms with Crippen LogP contribution in [0, 0.1) is 11.6 Å². The molecule has 0 unspecified atom stereocenters. The average Bonchev–Trinajstić information content (AvgIpc) is 2.47. The molecule has 0 amide bonds. The van der Waals surface area contributed by atoms with Gasteiger partial charge in [-0.3, -0.25) is 4.79 Å². The smallest absolute Gasteiger partial charge is 0.302 e. The third kappa shape index (κ3) is 4.56. The van der Waals surface area contributed by atoms with Crippen molar-refractivity contribution >= 4 is 5.97 Å². The molecule has 0 spiro atoms. The lowest BCUT2D eigenvalue weighted by Crippen LogP contribution is -2.00. The van der Waals surface area contributed by atoms with Crippen LogP contribution in [0.25, 0.3) is 0 Å². The summed E-state index contributed by atoms with van der Waals surface area (Å²) in [4.78, 5) is 10.7. The highest BCUT2D eigenvalue weighted by Crippen LogP contribution is 2.16. The SMILES string of the molecule is CC(=O)OCc1ccc(OCc2cc(F)ccc2F)cc1. The van der Waals surface area contributed by atoms with Crippen LogP contribution < -0.4 is 4.74 Å². The molecule has 0 saturated carbocycles. The van der Waals surface area contributed by atoms with Gasteiger partial charge in [0.15, 0.2) is 0 Å². The maximum absolute atomic E-state index is 13.4. The zero-order chi connectivity index (χ0) is 15.2. The van der Waals surface area contributed by atoms with Crippen LogP contribution in [-0.2, 0) is 22.7 Å². The fourth-order valence-electron chi connectivity index (χ4n) is 1.68. The van der Waals surface area contributed by atoms with E-state index in [9.17, 15) is 13.6 Å². The van der Waals surface area contributed by atoms with Gasteiger partial charge in [-0.05, 0) is 35.9 Å². The number of halogens is 2. The third-order valence-corrected chi connectivity index (χ3v) is 2.77. The zero-order valence-corrected chi connectivity index (χ0v) is 11.4. The summed E-state index contributed by atoms with van der Waals surface area (Å²) < 4.78 is 36.7. The van der Waals surface area contributed by atoms with Crippen LogP contribution in [-0.4, -0.2) is 5.97 Å².